The Labute approximate surface area is 166 Å². The Morgan fingerprint density at radius 3 is 2.59 bits per heavy atom. The number of carbonyl (C=O) groups excluding carboxylic acids is 1. The van der Waals surface area contributed by atoms with Crippen LogP contribution in [0.15, 0.2) is 77.4 Å². The van der Waals surface area contributed by atoms with Gasteiger partial charge in [0.25, 0.3) is 11.6 Å². The van der Waals surface area contributed by atoms with Crippen molar-refractivity contribution in [3.05, 3.63) is 93.6 Å². The van der Waals surface area contributed by atoms with Gasteiger partial charge in [-0.25, -0.2) is 11.4 Å². The Hall–Kier alpha value is -3.98. The molecule has 0 saturated carbocycles. The van der Waals surface area contributed by atoms with E-state index in [4.69, 9.17) is 11.6 Å². The monoisotopic (exact) mass is 392 g/mol. The van der Waals surface area contributed by atoms with Gasteiger partial charge < -0.3 is 11.1 Å². The lowest BCUT2D eigenvalue weighted by Crippen LogP contribution is -2.42. The first-order valence-electron chi connectivity index (χ1n) is 8.80. The van der Waals surface area contributed by atoms with Gasteiger partial charge in [-0.05, 0) is 23.6 Å². The fourth-order valence-corrected chi connectivity index (χ4v) is 3.10. The van der Waals surface area contributed by atoms with Crippen LogP contribution in [-0.4, -0.2) is 22.7 Å². The maximum Gasteiger partial charge on any atom is 0.270 e. The van der Waals surface area contributed by atoms with Crippen LogP contribution in [0.25, 0.3) is 5.57 Å². The Morgan fingerprint density at radius 1 is 1.14 bits per heavy atom. The summed E-state index contributed by atoms with van der Waals surface area (Å²) in [6.45, 7) is 0. The number of nitro groups is 1. The molecule has 0 heterocycles. The molecule has 29 heavy (non-hydrogen) atoms. The minimum atomic E-state index is -0.545. The maximum absolute atomic E-state index is 12.8. The molecule has 3 rings (SSSR count). The summed E-state index contributed by atoms with van der Waals surface area (Å²) in [5.74, 6) is 4.91. The highest BCUT2D eigenvalue weighted by molar-refractivity contribution is 6.02. The quantitative estimate of drug-likeness (QED) is 0.194. The molecule has 0 saturated heterocycles. The van der Waals surface area contributed by atoms with E-state index in [9.17, 15) is 14.9 Å². The van der Waals surface area contributed by atoms with Crippen molar-refractivity contribution in [1.29, 1.82) is 0 Å². The topological polar surface area (TPSA) is 149 Å². The third-order valence-corrected chi connectivity index (χ3v) is 4.51. The Kier molecular flexibility index (Phi) is 6.00. The van der Waals surface area contributed by atoms with Gasteiger partial charge in [0.15, 0.2) is 0 Å². The summed E-state index contributed by atoms with van der Waals surface area (Å²) in [6, 6.07) is 14.8. The van der Waals surface area contributed by atoms with E-state index in [1.54, 1.807) is 6.08 Å². The average molecular weight is 392 g/mol. The molecule has 148 valence electrons. The van der Waals surface area contributed by atoms with Crippen LogP contribution in [0.1, 0.15) is 22.3 Å². The molecular weight excluding hydrogens is 372 g/mol. The zero-order chi connectivity index (χ0) is 20.8. The van der Waals surface area contributed by atoms with E-state index in [1.807, 2.05) is 36.4 Å². The fourth-order valence-electron chi connectivity index (χ4n) is 3.10. The minimum Gasteiger partial charge on any atom is -0.382 e. The first-order valence-corrected chi connectivity index (χ1v) is 8.80. The highest BCUT2D eigenvalue weighted by Gasteiger charge is 2.25. The molecule has 1 aliphatic rings. The highest BCUT2D eigenvalue weighted by Crippen LogP contribution is 2.27. The van der Waals surface area contributed by atoms with Crippen LogP contribution >= 0.6 is 0 Å². The summed E-state index contributed by atoms with van der Waals surface area (Å²) in [6.07, 6.45) is 4.16. The molecule has 0 aromatic heterocycles. The molecule has 2 aromatic rings. The van der Waals surface area contributed by atoms with E-state index in [-0.39, 0.29) is 17.1 Å². The standard InChI is InChI=1S/C20H20N6O3/c21-19(24-25-22)17-10-9-14(13-5-2-1-3-6-13)12-18(17)23-20(27)15-7-4-8-16(11-15)26(28)29/h1-11,18,25H,12,22H2,(H2,21,24)(H,23,27). The largest absolute Gasteiger partial charge is 0.382 e. The van der Waals surface area contributed by atoms with Crippen LogP contribution in [0.5, 0.6) is 0 Å². The van der Waals surface area contributed by atoms with Gasteiger partial charge in [-0.2, -0.15) is 0 Å². The van der Waals surface area contributed by atoms with E-state index in [0.29, 0.717) is 12.0 Å². The van der Waals surface area contributed by atoms with Crippen LogP contribution in [-0.2, 0) is 0 Å². The van der Waals surface area contributed by atoms with Gasteiger partial charge in [0, 0.05) is 23.3 Å². The number of hydrogen-bond acceptors (Lipinski definition) is 6. The summed E-state index contributed by atoms with van der Waals surface area (Å²) >= 11 is 0. The van der Waals surface area contributed by atoms with Crippen LogP contribution in [0.4, 0.5) is 5.69 Å². The van der Waals surface area contributed by atoms with Crippen molar-refractivity contribution < 1.29 is 9.72 Å². The number of rotatable bonds is 6. The lowest BCUT2D eigenvalue weighted by molar-refractivity contribution is -0.384. The molecule has 0 spiro atoms. The molecule has 0 radical (unpaired) electrons. The predicted molar refractivity (Wildman–Crippen MR) is 110 cm³/mol. The maximum atomic E-state index is 12.8. The number of nitrogens with zero attached hydrogens (tertiary/aromatic N) is 2. The van der Waals surface area contributed by atoms with Crippen molar-refractivity contribution in [2.24, 2.45) is 16.7 Å². The summed E-state index contributed by atoms with van der Waals surface area (Å²) in [5.41, 5.74) is 10.8. The predicted octanol–water partition coefficient (Wildman–Crippen LogP) is 1.84. The third-order valence-electron chi connectivity index (χ3n) is 4.51. The second kappa shape index (κ2) is 8.81. The Bertz CT molecular complexity index is 1010. The van der Waals surface area contributed by atoms with Gasteiger partial charge in [-0.3, -0.25) is 14.9 Å². The molecule has 1 unspecified atom stereocenters. The van der Waals surface area contributed by atoms with E-state index in [0.717, 1.165) is 11.1 Å². The summed E-state index contributed by atoms with van der Waals surface area (Å²) in [5, 5.41) is 17.7. The number of allylic oxidation sites excluding steroid dienone is 2. The number of hydrazone groups is 1. The van der Waals surface area contributed by atoms with Gasteiger partial charge in [0.05, 0.1) is 11.0 Å². The van der Waals surface area contributed by atoms with E-state index < -0.39 is 16.9 Å². The van der Waals surface area contributed by atoms with Crippen molar-refractivity contribution in [2.45, 2.75) is 12.5 Å². The Balaban J connectivity index is 1.89. The lowest BCUT2D eigenvalue weighted by atomic mass is 9.88. The number of carbonyl (C=O) groups is 1. The first-order chi connectivity index (χ1) is 14.0. The smallest absolute Gasteiger partial charge is 0.270 e. The first kappa shape index (κ1) is 19.8. The molecule has 9 nitrogen and oxygen atoms in total. The number of nitrogens with one attached hydrogen (secondary N) is 2. The molecule has 6 N–H and O–H groups in total. The summed E-state index contributed by atoms with van der Waals surface area (Å²) in [7, 11) is 0. The highest BCUT2D eigenvalue weighted by atomic mass is 16.6. The van der Waals surface area contributed by atoms with Crippen molar-refractivity contribution in [3.8, 4) is 0 Å². The number of non-ortho nitro benzene ring substituents is 1. The molecule has 1 atom stereocenters. The number of nitro benzene ring substituents is 1. The lowest BCUT2D eigenvalue weighted by Gasteiger charge is -2.26. The summed E-state index contributed by atoms with van der Waals surface area (Å²) < 4.78 is 0. The number of hydrazine groups is 1. The molecule has 2 aromatic carbocycles. The van der Waals surface area contributed by atoms with Crippen LogP contribution in [0.3, 0.4) is 0 Å². The molecule has 1 amide bonds. The van der Waals surface area contributed by atoms with E-state index in [2.05, 4.69) is 16.0 Å². The second-order valence-electron chi connectivity index (χ2n) is 6.34. The molecule has 0 aliphatic heterocycles. The normalized spacial score (nSPS) is 16.4. The van der Waals surface area contributed by atoms with Crippen molar-refractivity contribution in [3.63, 3.8) is 0 Å². The fraction of sp³-hybridized carbons (Fsp3) is 0.100. The van der Waals surface area contributed by atoms with Gasteiger partial charge in [0.1, 0.15) is 5.84 Å². The van der Waals surface area contributed by atoms with Crippen LogP contribution in [0, 0.1) is 10.1 Å². The van der Waals surface area contributed by atoms with Gasteiger partial charge in [0.2, 0.25) is 0 Å². The molecule has 9 heteroatoms. The SMILES string of the molecule is NN/N=C(\N)C1=CC=C(c2ccccc2)CC1NC(=O)c1cccc([N+](=O)[O-])c1. The van der Waals surface area contributed by atoms with Gasteiger partial charge >= 0.3 is 0 Å². The number of hydrogen-bond donors (Lipinski definition) is 4. The van der Waals surface area contributed by atoms with E-state index >= 15 is 0 Å². The summed E-state index contributed by atoms with van der Waals surface area (Å²) in [4.78, 5) is 23.2. The number of amides is 1. The minimum absolute atomic E-state index is 0.139. The van der Waals surface area contributed by atoms with E-state index in [1.165, 1.54) is 24.3 Å². The number of benzene rings is 2. The number of nitrogens with two attached hydrogens (primary N) is 2. The molecule has 0 bridgehead atoms. The zero-order valence-electron chi connectivity index (χ0n) is 15.4. The van der Waals surface area contributed by atoms with Gasteiger partial charge in [-0.15, -0.1) is 5.10 Å². The molecule has 1 aliphatic carbocycles. The molecular formula is C20H20N6O3. The molecule has 0 fully saturated rings. The van der Waals surface area contributed by atoms with Crippen LogP contribution in [0.2, 0.25) is 0 Å². The second-order valence-corrected chi connectivity index (χ2v) is 6.34. The van der Waals surface area contributed by atoms with Gasteiger partial charge in [-0.1, -0.05) is 48.6 Å². The number of amidine groups is 1. The van der Waals surface area contributed by atoms with Crippen LogP contribution < -0.4 is 22.4 Å². The zero-order valence-corrected chi connectivity index (χ0v) is 15.4. The Morgan fingerprint density at radius 2 is 1.90 bits per heavy atom. The van der Waals surface area contributed by atoms with Crippen molar-refractivity contribution >= 4 is 23.0 Å². The average Bonchev–Trinajstić information content (AvgIpc) is 2.74. The third kappa shape index (κ3) is 4.66. The van der Waals surface area contributed by atoms with Crippen molar-refractivity contribution in [1.82, 2.24) is 10.9 Å². The van der Waals surface area contributed by atoms with Crippen molar-refractivity contribution in [2.75, 3.05) is 0 Å².